The first kappa shape index (κ1) is 18.8. The zero-order valence-corrected chi connectivity index (χ0v) is 15.6. The fraction of sp³-hybridized carbons (Fsp3) is 0.778. The van der Waals surface area contributed by atoms with E-state index in [1.165, 1.54) is 19.4 Å². The molecule has 1 aromatic rings. The molecule has 1 saturated heterocycles. The molecule has 0 aliphatic carbocycles. The molecule has 0 radical (unpaired) electrons. The van der Waals surface area contributed by atoms with E-state index >= 15 is 0 Å². The summed E-state index contributed by atoms with van der Waals surface area (Å²) in [5.41, 5.74) is 1.06. The van der Waals surface area contributed by atoms with Crippen LogP contribution in [-0.4, -0.2) is 48.7 Å². The molecule has 2 rings (SSSR count). The van der Waals surface area contributed by atoms with Gasteiger partial charge in [0.1, 0.15) is 0 Å². The zero-order chi connectivity index (χ0) is 17.4. The third-order valence-electron chi connectivity index (χ3n) is 5.05. The molecule has 0 amide bonds. The lowest BCUT2D eigenvalue weighted by Gasteiger charge is -2.23. The molecule has 1 unspecified atom stereocenters. The van der Waals surface area contributed by atoms with Gasteiger partial charge in [-0.05, 0) is 38.8 Å². The standard InChI is InChI=1S/C18H33N5O/c1-5-14(6-2)17-11-16(24-22-17)13-21-18(19-4)20-12-15-9-8-10-23(15)7-3/h11,14-15H,5-10,12-13H2,1-4H3,(H2,19,20,21). The van der Waals surface area contributed by atoms with Gasteiger partial charge in [-0.25, -0.2) is 0 Å². The molecule has 0 spiro atoms. The van der Waals surface area contributed by atoms with Crippen molar-refractivity contribution >= 4 is 5.96 Å². The van der Waals surface area contributed by atoms with Gasteiger partial charge in [-0.3, -0.25) is 9.89 Å². The Morgan fingerprint density at radius 2 is 2.17 bits per heavy atom. The van der Waals surface area contributed by atoms with Crippen LogP contribution in [0.25, 0.3) is 0 Å². The summed E-state index contributed by atoms with van der Waals surface area (Å²) in [6, 6.07) is 2.67. The van der Waals surface area contributed by atoms with Crippen LogP contribution in [-0.2, 0) is 6.54 Å². The van der Waals surface area contributed by atoms with Crippen LogP contribution in [0, 0.1) is 0 Å². The van der Waals surface area contributed by atoms with E-state index in [-0.39, 0.29) is 0 Å². The van der Waals surface area contributed by atoms with Crippen molar-refractivity contribution in [2.24, 2.45) is 4.99 Å². The molecule has 1 aliphatic heterocycles. The topological polar surface area (TPSA) is 65.7 Å². The van der Waals surface area contributed by atoms with E-state index in [4.69, 9.17) is 4.52 Å². The number of likely N-dealkylation sites (N-methyl/N-ethyl adjacent to an activating group) is 1. The lowest BCUT2D eigenvalue weighted by molar-refractivity contribution is 0.267. The SMILES string of the molecule is CCC(CC)c1cc(CNC(=NC)NCC2CCCN2CC)on1. The first-order valence-corrected chi connectivity index (χ1v) is 9.35. The lowest BCUT2D eigenvalue weighted by Crippen LogP contribution is -2.44. The number of rotatable bonds is 8. The monoisotopic (exact) mass is 335 g/mol. The molecule has 6 nitrogen and oxygen atoms in total. The number of likely N-dealkylation sites (tertiary alicyclic amines) is 1. The Kier molecular flexibility index (Phi) is 7.56. The summed E-state index contributed by atoms with van der Waals surface area (Å²) in [6.45, 7) is 10.5. The minimum Gasteiger partial charge on any atom is -0.359 e. The van der Waals surface area contributed by atoms with Gasteiger partial charge in [0.05, 0.1) is 12.2 Å². The van der Waals surface area contributed by atoms with Gasteiger partial charge in [0, 0.05) is 31.6 Å². The zero-order valence-electron chi connectivity index (χ0n) is 15.6. The van der Waals surface area contributed by atoms with Crippen LogP contribution in [0.3, 0.4) is 0 Å². The third-order valence-corrected chi connectivity index (χ3v) is 5.05. The van der Waals surface area contributed by atoms with Gasteiger partial charge in [-0.15, -0.1) is 0 Å². The van der Waals surface area contributed by atoms with Gasteiger partial charge in [-0.1, -0.05) is 25.9 Å². The summed E-state index contributed by atoms with van der Waals surface area (Å²) >= 11 is 0. The van der Waals surface area contributed by atoms with Crippen molar-refractivity contribution in [3.63, 3.8) is 0 Å². The van der Waals surface area contributed by atoms with Gasteiger partial charge in [0.25, 0.3) is 0 Å². The van der Waals surface area contributed by atoms with Crippen LogP contribution in [0.15, 0.2) is 15.6 Å². The maximum absolute atomic E-state index is 5.45. The molecule has 136 valence electrons. The molecule has 24 heavy (non-hydrogen) atoms. The summed E-state index contributed by atoms with van der Waals surface area (Å²) in [4.78, 5) is 6.83. The number of hydrogen-bond acceptors (Lipinski definition) is 4. The quantitative estimate of drug-likeness (QED) is 0.565. The number of aromatic nitrogens is 1. The van der Waals surface area contributed by atoms with Crippen LogP contribution in [0.5, 0.6) is 0 Å². The number of nitrogens with one attached hydrogen (secondary N) is 2. The average Bonchev–Trinajstić information content (AvgIpc) is 3.25. The van der Waals surface area contributed by atoms with Gasteiger partial charge >= 0.3 is 0 Å². The second-order valence-corrected chi connectivity index (χ2v) is 6.46. The lowest BCUT2D eigenvalue weighted by atomic mass is 9.99. The number of nitrogens with zero attached hydrogens (tertiary/aromatic N) is 3. The fourth-order valence-corrected chi connectivity index (χ4v) is 3.46. The molecule has 0 saturated carbocycles. The molecular weight excluding hydrogens is 302 g/mol. The van der Waals surface area contributed by atoms with Crippen molar-refractivity contribution in [2.75, 3.05) is 26.7 Å². The van der Waals surface area contributed by atoms with Gasteiger partial charge in [-0.2, -0.15) is 0 Å². The highest BCUT2D eigenvalue weighted by Gasteiger charge is 2.22. The van der Waals surface area contributed by atoms with E-state index in [0.29, 0.717) is 18.5 Å². The Hall–Kier alpha value is -1.56. The van der Waals surface area contributed by atoms with E-state index in [0.717, 1.165) is 43.3 Å². The molecule has 0 aromatic carbocycles. The molecule has 1 aromatic heterocycles. The van der Waals surface area contributed by atoms with Gasteiger partial charge < -0.3 is 15.2 Å². The summed E-state index contributed by atoms with van der Waals surface area (Å²) in [5.74, 6) is 2.16. The Balaban J connectivity index is 1.79. The molecule has 0 bridgehead atoms. The number of aliphatic imine (C=N–C) groups is 1. The minimum absolute atomic E-state index is 0.488. The molecule has 6 heteroatoms. The molecule has 1 atom stereocenters. The highest BCUT2D eigenvalue weighted by molar-refractivity contribution is 5.79. The van der Waals surface area contributed by atoms with E-state index in [1.54, 1.807) is 7.05 Å². The number of hydrogen-bond donors (Lipinski definition) is 2. The second-order valence-electron chi connectivity index (χ2n) is 6.46. The van der Waals surface area contributed by atoms with Crippen LogP contribution in [0.4, 0.5) is 0 Å². The van der Waals surface area contributed by atoms with Gasteiger partial charge in [0.2, 0.25) is 0 Å². The molecular formula is C18H33N5O. The second kappa shape index (κ2) is 9.67. The Bertz CT molecular complexity index is 509. The Morgan fingerprint density at radius 1 is 1.38 bits per heavy atom. The summed E-state index contributed by atoms with van der Waals surface area (Å²) in [7, 11) is 1.80. The highest BCUT2D eigenvalue weighted by Crippen LogP contribution is 2.22. The molecule has 1 fully saturated rings. The number of guanidine groups is 1. The van der Waals surface area contributed by atoms with Crippen molar-refractivity contribution in [2.45, 2.75) is 65.0 Å². The van der Waals surface area contributed by atoms with Gasteiger partial charge in [0.15, 0.2) is 11.7 Å². The van der Waals surface area contributed by atoms with Crippen LogP contribution in [0.1, 0.15) is 63.8 Å². The smallest absolute Gasteiger partial charge is 0.191 e. The van der Waals surface area contributed by atoms with Crippen LogP contribution in [0.2, 0.25) is 0 Å². The first-order valence-electron chi connectivity index (χ1n) is 9.35. The molecule has 2 heterocycles. The van der Waals surface area contributed by atoms with E-state index < -0.39 is 0 Å². The largest absolute Gasteiger partial charge is 0.359 e. The van der Waals surface area contributed by atoms with Crippen molar-refractivity contribution in [3.8, 4) is 0 Å². The van der Waals surface area contributed by atoms with Crippen molar-refractivity contribution in [1.29, 1.82) is 0 Å². The maximum atomic E-state index is 5.45. The fourth-order valence-electron chi connectivity index (χ4n) is 3.46. The third kappa shape index (κ3) is 4.97. The highest BCUT2D eigenvalue weighted by atomic mass is 16.5. The first-order chi connectivity index (χ1) is 11.7. The minimum atomic E-state index is 0.488. The average molecular weight is 335 g/mol. The normalized spacial score (nSPS) is 19.2. The predicted octanol–water partition coefficient (Wildman–Crippen LogP) is 2.73. The molecule has 1 aliphatic rings. The Labute approximate surface area is 146 Å². The van der Waals surface area contributed by atoms with Crippen molar-refractivity contribution in [1.82, 2.24) is 20.7 Å². The van der Waals surface area contributed by atoms with E-state index in [9.17, 15) is 0 Å². The van der Waals surface area contributed by atoms with Crippen LogP contribution >= 0.6 is 0 Å². The molecule has 2 N–H and O–H groups in total. The van der Waals surface area contributed by atoms with Crippen molar-refractivity contribution < 1.29 is 4.52 Å². The summed E-state index contributed by atoms with van der Waals surface area (Å²) < 4.78 is 5.45. The predicted molar refractivity (Wildman–Crippen MR) is 98.3 cm³/mol. The maximum Gasteiger partial charge on any atom is 0.191 e. The van der Waals surface area contributed by atoms with E-state index in [2.05, 4.69) is 52.5 Å². The van der Waals surface area contributed by atoms with Crippen molar-refractivity contribution in [3.05, 3.63) is 17.5 Å². The summed E-state index contributed by atoms with van der Waals surface area (Å²) in [6.07, 6.45) is 4.74. The van der Waals surface area contributed by atoms with E-state index in [1.807, 2.05) is 0 Å². The summed E-state index contributed by atoms with van der Waals surface area (Å²) in [5, 5.41) is 11.0. The Morgan fingerprint density at radius 3 is 2.83 bits per heavy atom. The van der Waals surface area contributed by atoms with Crippen LogP contribution < -0.4 is 10.6 Å².